The van der Waals surface area contributed by atoms with Gasteiger partial charge in [0.15, 0.2) is 0 Å². The zero-order valence-electron chi connectivity index (χ0n) is 7.57. The molecule has 1 aromatic rings. The van der Waals surface area contributed by atoms with E-state index in [1.165, 1.54) is 6.07 Å². The van der Waals surface area contributed by atoms with E-state index in [0.717, 1.165) is 0 Å². The highest BCUT2D eigenvalue weighted by atomic mass is 35.5. The maximum Gasteiger partial charge on any atom is 0.146 e. The Morgan fingerprint density at radius 3 is 2.31 bits per heavy atom. The summed E-state index contributed by atoms with van der Waals surface area (Å²) < 4.78 is 13.4. The fourth-order valence-corrected chi connectivity index (χ4v) is 1.56. The van der Waals surface area contributed by atoms with E-state index in [-0.39, 0.29) is 10.8 Å². The van der Waals surface area contributed by atoms with Crippen molar-refractivity contribution in [3.63, 3.8) is 0 Å². The van der Waals surface area contributed by atoms with Crippen molar-refractivity contribution in [3.05, 3.63) is 33.6 Å². The second-order valence-electron chi connectivity index (χ2n) is 3.42. The van der Waals surface area contributed by atoms with Gasteiger partial charge < -0.3 is 0 Å². The quantitative estimate of drug-likeness (QED) is 0.652. The van der Waals surface area contributed by atoms with Crippen molar-refractivity contribution in [1.82, 2.24) is 0 Å². The first-order chi connectivity index (χ1) is 6.02. The molecule has 0 atom stereocenters. The second-order valence-corrected chi connectivity index (χ2v) is 4.23. The minimum absolute atomic E-state index is 0.139. The molecule has 0 bridgehead atoms. The molecule has 0 saturated carbocycles. The van der Waals surface area contributed by atoms with Gasteiger partial charge in [-0.1, -0.05) is 37.0 Å². The molecule has 0 amide bonds. The van der Waals surface area contributed by atoms with Crippen LogP contribution in [0.25, 0.3) is 0 Å². The van der Waals surface area contributed by atoms with Crippen LogP contribution in [0, 0.1) is 11.7 Å². The van der Waals surface area contributed by atoms with E-state index in [2.05, 4.69) is 0 Å². The van der Waals surface area contributed by atoms with Gasteiger partial charge in [-0.2, -0.15) is 0 Å². The Kier molecular flexibility index (Phi) is 3.57. The standard InChI is InChI=1S/C10H11Cl2F/c1-6(2)5-7-8(11)3-4-9(12)10(7)13/h3-4,6H,5H2,1-2H3. The van der Waals surface area contributed by atoms with Gasteiger partial charge in [0.25, 0.3) is 0 Å². The molecule has 1 rings (SSSR count). The Morgan fingerprint density at radius 2 is 1.77 bits per heavy atom. The zero-order valence-corrected chi connectivity index (χ0v) is 9.08. The van der Waals surface area contributed by atoms with Gasteiger partial charge in [0.05, 0.1) is 5.02 Å². The van der Waals surface area contributed by atoms with Gasteiger partial charge >= 0.3 is 0 Å². The van der Waals surface area contributed by atoms with Crippen molar-refractivity contribution in [2.75, 3.05) is 0 Å². The summed E-state index contributed by atoms with van der Waals surface area (Å²) in [6.45, 7) is 4.02. The second kappa shape index (κ2) is 4.30. The summed E-state index contributed by atoms with van der Waals surface area (Å²) in [4.78, 5) is 0. The lowest BCUT2D eigenvalue weighted by atomic mass is 10.0. The lowest BCUT2D eigenvalue weighted by Crippen LogP contribution is -1.99. The van der Waals surface area contributed by atoms with Crippen molar-refractivity contribution < 1.29 is 4.39 Å². The summed E-state index contributed by atoms with van der Waals surface area (Å²) in [7, 11) is 0. The third kappa shape index (κ3) is 2.58. The third-order valence-electron chi connectivity index (χ3n) is 1.75. The monoisotopic (exact) mass is 220 g/mol. The summed E-state index contributed by atoms with van der Waals surface area (Å²) in [6.07, 6.45) is 0.616. The van der Waals surface area contributed by atoms with Crippen LogP contribution in [-0.4, -0.2) is 0 Å². The van der Waals surface area contributed by atoms with Gasteiger partial charge in [0.2, 0.25) is 0 Å². The molecule has 0 fully saturated rings. The molecule has 0 radical (unpaired) electrons. The average Bonchev–Trinajstić information content (AvgIpc) is 2.05. The third-order valence-corrected chi connectivity index (χ3v) is 2.40. The molecule has 0 nitrogen and oxygen atoms in total. The van der Waals surface area contributed by atoms with Crippen molar-refractivity contribution in [1.29, 1.82) is 0 Å². The summed E-state index contributed by atoms with van der Waals surface area (Å²) in [5.41, 5.74) is 0.518. The Balaban J connectivity index is 3.10. The lowest BCUT2D eigenvalue weighted by molar-refractivity contribution is 0.574. The summed E-state index contributed by atoms with van der Waals surface area (Å²) in [5.74, 6) is -0.0201. The molecule has 0 aromatic heterocycles. The van der Waals surface area contributed by atoms with E-state index >= 15 is 0 Å². The van der Waals surface area contributed by atoms with Gasteiger partial charge in [0, 0.05) is 10.6 Å². The summed E-state index contributed by atoms with van der Waals surface area (Å²) in [5, 5.41) is 0.593. The first-order valence-electron chi connectivity index (χ1n) is 4.14. The fraction of sp³-hybridized carbons (Fsp3) is 0.400. The van der Waals surface area contributed by atoms with Crippen LogP contribution in [-0.2, 0) is 6.42 Å². The SMILES string of the molecule is CC(C)Cc1c(Cl)ccc(Cl)c1F. The minimum atomic E-state index is -0.386. The van der Waals surface area contributed by atoms with E-state index in [9.17, 15) is 4.39 Å². The molecule has 0 heterocycles. The highest BCUT2D eigenvalue weighted by Crippen LogP contribution is 2.27. The van der Waals surface area contributed by atoms with Crippen LogP contribution >= 0.6 is 23.2 Å². The van der Waals surface area contributed by atoms with Crippen LogP contribution in [0.3, 0.4) is 0 Å². The number of halogens is 3. The molecule has 0 N–H and O–H groups in total. The van der Waals surface area contributed by atoms with Crippen LogP contribution in [0.1, 0.15) is 19.4 Å². The van der Waals surface area contributed by atoms with Crippen molar-refractivity contribution in [3.8, 4) is 0 Å². The molecule has 13 heavy (non-hydrogen) atoms. The van der Waals surface area contributed by atoms with E-state index in [4.69, 9.17) is 23.2 Å². The van der Waals surface area contributed by atoms with Gasteiger partial charge in [-0.15, -0.1) is 0 Å². The summed E-state index contributed by atoms with van der Waals surface area (Å²) in [6, 6.07) is 3.10. The molecule has 0 aliphatic rings. The highest BCUT2D eigenvalue weighted by molar-refractivity contribution is 6.33. The van der Waals surface area contributed by atoms with E-state index < -0.39 is 0 Å². The van der Waals surface area contributed by atoms with Gasteiger partial charge in [-0.25, -0.2) is 4.39 Å². The number of rotatable bonds is 2. The van der Waals surface area contributed by atoms with E-state index in [0.29, 0.717) is 22.9 Å². The molecule has 72 valence electrons. The van der Waals surface area contributed by atoms with Crippen LogP contribution in [0.2, 0.25) is 10.0 Å². The number of hydrogen-bond acceptors (Lipinski definition) is 0. The van der Waals surface area contributed by atoms with Gasteiger partial charge in [-0.3, -0.25) is 0 Å². The Morgan fingerprint density at radius 1 is 1.23 bits per heavy atom. The number of benzene rings is 1. The molecule has 0 saturated heterocycles. The fourth-order valence-electron chi connectivity index (χ4n) is 1.16. The number of hydrogen-bond donors (Lipinski definition) is 0. The first kappa shape index (κ1) is 10.8. The predicted molar refractivity (Wildman–Crippen MR) is 55.0 cm³/mol. The summed E-state index contributed by atoms with van der Waals surface area (Å²) >= 11 is 11.5. The Hall–Kier alpha value is -0.270. The van der Waals surface area contributed by atoms with Crippen molar-refractivity contribution in [2.45, 2.75) is 20.3 Å². The minimum Gasteiger partial charge on any atom is -0.205 e. The molecule has 1 aromatic carbocycles. The topological polar surface area (TPSA) is 0 Å². The molecular weight excluding hydrogens is 210 g/mol. The lowest BCUT2D eigenvalue weighted by Gasteiger charge is -2.09. The maximum absolute atomic E-state index is 13.4. The Labute approximate surface area is 87.7 Å². The van der Waals surface area contributed by atoms with Gasteiger partial charge in [-0.05, 0) is 24.5 Å². The van der Waals surface area contributed by atoms with E-state index in [1.807, 2.05) is 13.8 Å². The van der Waals surface area contributed by atoms with Crippen molar-refractivity contribution in [2.24, 2.45) is 5.92 Å². The zero-order chi connectivity index (χ0) is 10.0. The van der Waals surface area contributed by atoms with Crippen LogP contribution < -0.4 is 0 Å². The Bertz CT molecular complexity index is 308. The van der Waals surface area contributed by atoms with E-state index in [1.54, 1.807) is 6.07 Å². The molecule has 0 aliphatic heterocycles. The van der Waals surface area contributed by atoms with Crippen LogP contribution in [0.15, 0.2) is 12.1 Å². The molecule has 0 aliphatic carbocycles. The molecule has 0 spiro atoms. The predicted octanol–water partition coefficient (Wildman–Crippen LogP) is 4.33. The normalized spacial score (nSPS) is 10.9. The van der Waals surface area contributed by atoms with Crippen LogP contribution in [0.5, 0.6) is 0 Å². The highest BCUT2D eigenvalue weighted by Gasteiger charge is 2.12. The largest absolute Gasteiger partial charge is 0.205 e. The maximum atomic E-state index is 13.4. The molecule has 3 heteroatoms. The average molecular weight is 221 g/mol. The van der Waals surface area contributed by atoms with Gasteiger partial charge in [0.1, 0.15) is 5.82 Å². The van der Waals surface area contributed by atoms with Crippen LogP contribution in [0.4, 0.5) is 4.39 Å². The smallest absolute Gasteiger partial charge is 0.146 e. The first-order valence-corrected chi connectivity index (χ1v) is 4.90. The molecular formula is C10H11Cl2F. The van der Waals surface area contributed by atoms with Crippen molar-refractivity contribution >= 4 is 23.2 Å². The molecule has 0 unspecified atom stereocenters.